The average molecular weight is 179 g/mol. The number of rotatable bonds is 2. The Balaban J connectivity index is 3.43. The molecule has 0 bridgehead atoms. The summed E-state index contributed by atoms with van der Waals surface area (Å²) in [6.07, 6.45) is 1.40. The molecule has 5 nitrogen and oxygen atoms in total. The molecule has 1 aromatic rings. The lowest BCUT2D eigenvalue weighted by molar-refractivity contribution is 0.0966. The molecule has 1 aromatic heterocycles. The zero-order valence-electron chi connectivity index (χ0n) is 7.07. The smallest absolute Gasteiger partial charge is 0.251 e. The van der Waals surface area contributed by atoms with Crippen molar-refractivity contribution < 1.29 is 9.59 Å². The molecular formula is C8H9N3O2. The van der Waals surface area contributed by atoms with Crippen molar-refractivity contribution in [1.82, 2.24) is 4.98 Å². The van der Waals surface area contributed by atoms with Crippen LogP contribution in [0.15, 0.2) is 12.3 Å². The van der Waals surface area contributed by atoms with Crippen molar-refractivity contribution in [1.29, 1.82) is 0 Å². The lowest BCUT2D eigenvalue weighted by Crippen LogP contribution is -2.22. The Hall–Kier alpha value is -1.91. The zero-order valence-corrected chi connectivity index (χ0v) is 7.07. The summed E-state index contributed by atoms with van der Waals surface area (Å²) in [5.74, 6) is -1.38. The standard InChI is InChI=1S/C8H9N3O2/c1-4-6(8(10)13)5(7(9)12)2-3-11-4/h2-3H,1H3,(H2,9,12)(H2,10,13). The van der Waals surface area contributed by atoms with Crippen LogP contribution in [0, 0.1) is 6.92 Å². The largest absolute Gasteiger partial charge is 0.366 e. The Kier molecular flexibility index (Phi) is 2.27. The van der Waals surface area contributed by atoms with Gasteiger partial charge in [0.05, 0.1) is 16.8 Å². The Morgan fingerprint density at radius 3 is 2.31 bits per heavy atom. The van der Waals surface area contributed by atoms with Crippen LogP contribution in [-0.2, 0) is 0 Å². The first-order valence-corrected chi connectivity index (χ1v) is 3.59. The molecule has 0 unspecified atom stereocenters. The van der Waals surface area contributed by atoms with E-state index < -0.39 is 11.8 Å². The van der Waals surface area contributed by atoms with E-state index in [0.717, 1.165) is 0 Å². The first-order chi connectivity index (χ1) is 6.04. The van der Waals surface area contributed by atoms with Gasteiger partial charge in [-0.05, 0) is 13.0 Å². The van der Waals surface area contributed by atoms with Crippen LogP contribution >= 0.6 is 0 Å². The van der Waals surface area contributed by atoms with Crippen LogP contribution < -0.4 is 11.5 Å². The molecule has 1 heterocycles. The maximum absolute atomic E-state index is 10.9. The van der Waals surface area contributed by atoms with Crippen molar-refractivity contribution in [3.05, 3.63) is 29.1 Å². The normalized spacial score (nSPS) is 9.62. The fourth-order valence-corrected chi connectivity index (χ4v) is 1.08. The predicted molar refractivity (Wildman–Crippen MR) is 46.0 cm³/mol. The molecule has 4 N–H and O–H groups in total. The van der Waals surface area contributed by atoms with Crippen LogP contribution in [0.25, 0.3) is 0 Å². The topological polar surface area (TPSA) is 99.1 Å². The summed E-state index contributed by atoms with van der Waals surface area (Å²) in [7, 11) is 0. The van der Waals surface area contributed by atoms with Gasteiger partial charge in [0.25, 0.3) is 5.91 Å². The number of nitrogens with two attached hydrogens (primary N) is 2. The van der Waals surface area contributed by atoms with Gasteiger partial charge < -0.3 is 11.5 Å². The number of primary amides is 2. The van der Waals surface area contributed by atoms with E-state index in [9.17, 15) is 9.59 Å². The Morgan fingerprint density at radius 2 is 1.92 bits per heavy atom. The molecule has 0 saturated carbocycles. The second-order valence-electron chi connectivity index (χ2n) is 2.55. The highest BCUT2D eigenvalue weighted by Crippen LogP contribution is 2.09. The molecule has 0 aromatic carbocycles. The van der Waals surface area contributed by atoms with E-state index in [-0.39, 0.29) is 11.1 Å². The van der Waals surface area contributed by atoms with Crippen LogP contribution in [0.3, 0.4) is 0 Å². The van der Waals surface area contributed by atoms with E-state index in [1.807, 2.05) is 0 Å². The van der Waals surface area contributed by atoms with E-state index in [1.165, 1.54) is 12.3 Å². The molecule has 5 heteroatoms. The second kappa shape index (κ2) is 3.22. The molecule has 0 spiro atoms. The third-order valence-electron chi connectivity index (χ3n) is 1.65. The van der Waals surface area contributed by atoms with Crippen LogP contribution in [-0.4, -0.2) is 16.8 Å². The van der Waals surface area contributed by atoms with Gasteiger partial charge in [0, 0.05) is 6.20 Å². The van der Waals surface area contributed by atoms with E-state index in [1.54, 1.807) is 6.92 Å². The van der Waals surface area contributed by atoms with Gasteiger partial charge >= 0.3 is 0 Å². The SMILES string of the molecule is Cc1nccc(C(N)=O)c1C(N)=O. The number of pyridine rings is 1. The van der Waals surface area contributed by atoms with Crippen molar-refractivity contribution in [3.8, 4) is 0 Å². The monoisotopic (exact) mass is 179 g/mol. The molecule has 13 heavy (non-hydrogen) atoms. The van der Waals surface area contributed by atoms with E-state index >= 15 is 0 Å². The first-order valence-electron chi connectivity index (χ1n) is 3.59. The lowest BCUT2D eigenvalue weighted by atomic mass is 10.1. The minimum Gasteiger partial charge on any atom is -0.366 e. The van der Waals surface area contributed by atoms with Crippen molar-refractivity contribution >= 4 is 11.8 Å². The van der Waals surface area contributed by atoms with Crippen molar-refractivity contribution in [3.63, 3.8) is 0 Å². The highest BCUT2D eigenvalue weighted by atomic mass is 16.2. The number of hydrogen-bond acceptors (Lipinski definition) is 3. The van der Waals surface area contributed by atoms with Crippen molar-refractivity contribution in [2.45, 2.75) is 6.92 Å². The molecule has 0 fully saturated rings. The summed E-state index contributed by atoms with van der Waals surface area (Å²) < 4.78 is 0. The molecule has 0 aliphatic carbocycles. The number of aromatic nitrogens is 1. The third kappa shape index (κ3) is 1.64. The molecule has 0 atom stereocenters. The van der Waals surface area contributed by atoms with Gasteiger partial charge in [-0.15, -0.1) is 0 Å². The number of carbonyl (C=O) groups is 2. The molecule has 68 valence electrons. The van der Waals surface area contributed by atoms with E-state index in [2.05, 4.69) is 4.98 Å². The molecule has 0 aliphatic rings. The maximum atomic E-state index is 10.9. The summed E-state index contributed by atoms with van der Waals surface area (Å²) >= 11 is 0. The quantitative estimate of drug-likeness (QED) is 0.645. The molecule has 0 aliphatic heterocycles. The van der Waals surface area contributed by atoms with Crippen molar-refractivity contribution in [2.24, 2.45) is 11.5 Å². The van der Waals surface area contributed by atoms with E-state index in [4.69, 9.17) is 11.5 Å². The molecule has 1 rings (SSSR count). The van der Waals surface area contributed by atoms with Crippen molar-refractivity contribution in [2.75, 3.05) is 0 Å². The number of nitrogens with zero attached hydrogens (tertiary/aromatic N) is 1. The fourth-order valence-electron chi connectivity index (χ4n) is 1.08. The van der Waals surface area contributed by atoms with Crippen LogP contribution in [0.1, 0.15) is 26.4 Å². The Labute approximate surface area is 74.7 Å². The number of carbonyl (C=O) groups excluding carboxylic acids is 2. The van der Waals surface area contributed by atoms with Crippen LogP contribution in [0.5, 0.6) is 0 Å². The minimum atomic E-state index is -0.695. The predicted octanol–water partition coefficient (Wildman–Crippen LogP) is -0.412. The number of amides is 2. The summed E-state index contributed by atoms with van der Waals surface area (Å²) in [5.41, 5.74) is 10.7. The number of aryl methyl sites for hydroxylation is 1. The third-order valence-corrected chi connectivity index (χ3v) is 1.65. The molecule has 0 saturated heterocycles. The summed E-state index contributed by atoms with van der Waals surface area (Å²) in [6.45, 7) is 1.59. The zero-order chi connectivity index (χ0) is 10.0. The second-order valence-corrected chi connectivity index (χ2v) is 2.55. The van der Waals surface area contributed by atoms with Gasteiger partial charge in [0.2, 0.25) is 5.91 Å². The Bertz CT molecular complexity index is 374. The maximum Gasteiger partial charge on any atom is 0.251 e. The minimum absolute atomic E-state index is 0.0926. The van der Waals surface area contributed by atoms with Gasteiger partial charge in [0.1, 0.15) is 0 Å². The van der Waals surface area contributed by atoms with E-state index in [0.29, 0.717) is 5.69 Å². The van der Waals surface area contributed by atoms with Gasteiger partial charge in [0.15, 0.2) is 0 Å². The first kappa shape index (κ1) is 9.18. The van der Waals surface area contributed by atoms with Gasteiger partial charge in [-0.1, -0.05) is 0 Å². The molecule has 2 amide bonds. The summed E-state index contributed by atoms with van der Waals surface area (Å²) in [4.78, 5) is 25.6. The van der Waals surface area contributed by atoms with Gasteiger partial charge in [-0.25, -0.2) is 0 Å². The Morgan fingerprint density at radius 1 is 1.31 bits per heavy atom. The highest BCUT2D eigenvalue weighted by molar-refractivity contribution is 6.06. The summed E-state index contributed by atoms with van der Waals surface area (Å²) in [6, 6.07) is 1.37. The van der Waals surface area contributed by atoms with Crippen LogP contribution in [0.4, 0.5) is 0 Å². The van der Waals surface area contributed by atoms with Crippen LogP contribution in [0.2, 0.25) is 0 Å². The molecule has 0 radical (unpaired) electrons. The summed E-state index contributed by atoms with van der Waals surface area (Å²) in [5, 5.41) is 0. The van der Waals surface area contributed by atoms with Gasteiger partial charge in [-0.3, -0.25) is 14.6 Å². The fraction of sp³-hybridized carbons (Fsp3) is 0.125. The lowest BCUT2D eigenvalue weighted by Gasteiger charge is -2.04. The average Bonchev–Trinajstić information content (AvgIpc) is 2.02. The molecular weight excluding hydrogens is 170 g/mol. The van der Waals surface area contributed by atoms with Gasteiger partial charge in [-0.2, -0.15) is 0 Å². The highest BCUT2D eigenvalue weighted by Gasteiger charge is 2.15. The number of hydrogen-bond donors (Lipinski definition) is 2.